The van der Waals surface area contributed by atoms with E-state index in [1.165, 1.54) is 12.8 Å². The minimum absolute atomic E-state index is 0.111. The predicted molar refractivity (Wildman–Crippen MR) is 113 cm³/mol. The molecule has 5 nitrogen and oxygen atoms in total. The number of pyridine rings is 1. The molecule has 0 radical (unpaired) electrons. The molecule has 1 aromatic heterocycles. The van der Waals surface area contributed by atoms with Gasteiger partial charge in [0.15, 0.2) is 0 Å². The number of carboxylic acid groups (broad SMARTS) is 1. The number of hydrogen-bond acceptors (Lipinski definition) is 3. The van der Waals surface area contributed by atoms with Crippen LogP contribution in [0.25, 0.3) is 21.9 Å². The lowest BCUT2D eigenvalue weighted by molar-refractivity contribution is -0.141. The van der Waals surface area contributed by atoms with Crippen LogP contribution in [0.4, 0.5) is 0 Å². The Morgan fingerprint density at radius 1 is 1.17 bits per heavy atom. The zero-order valence-electron chi connectivity index (χ0n) is 16.5. The summed E-state index contributed by atoms with van der Waals surface area (Å²) in [6.07, 6.45) is 6.82. The summed E-state index contributed by atoms with van der Waals surface area (Å²) in [7, 11) is 0. The Bertz CT molecular complexity index is 1100. The first-order valence-electron chi connectivity index (χ1n) is 10.2. The fourth-order valence-corrected chi connectivity index (χ4v) is 4.02. The van der Waals surface area contributed by atoms with Crippen molar-refractivity contribution in [1.29, 1.82) is 0 Å². The molecule has 150 valence electrons. The van der Waals surface area contributed by atoms with E-state index in [2.05, 4.69) is 4.98 Å². The second kappa shape index (κ2) is 8.11. The van der Waals surface area contributed by atoms with E-state index in [1.807, 2.05) is 42.5 Å². The Balaban J connectivity index is 1.76. The maximum absolute atomic E-state index is 12.0. The largest absolute Gasteiger partial charge is 0.490 e. The van der Waals surface area contributed by atoms with Crippen LogP contribution in [0.3, 0.4) is 0 Å². The van der Waals surface area contributed by atoms with Crippen LogP contribution in [0.5, 0.6) is 5.75 Å². The standard InChI is InChI=1S/C24H25NO4/c1-15(24(27)28)12-16-6-9-22(29-19-4-2-3-5-19)21(13-16)17-7-8-20-18(14-17)10-11-25-23(20)26/h6-11,13-15,19H,2-5,12H2,1H3,(H,25,26)(H,27,28). The zero-order chi connectivity index (χ0) is 20.4. The van der Waals surface area contributed by atoms with E-state index in [0.29, 0.717) is 11.8 Å². The normalized spacial score (nSPS) is 15.5. The number of aromatic amines is 1. The van der Waals surface area contributed by atoms with Crippen LogP contribution in [0, 0.1) is 5.92 Å². The average Bonchev–Trinajstić information content (AvgIpc) is 3.22. The molecule has 29 heavy (non-hydrogen) atoms. The van der Waals surface area contributed by atoms with E-state index < -0.39 is 11.9 Å². The van der Waals surface area contributed by atoms with Gasteiger partial charge in [0.25, 0.3) is 5.56 Å². The number of carbonyl (C=O) groups is 1. The molecule has 1 atom stereocenters. The predicted octanol–water partition coefficient (Wildman–Crippen LogP) is 4.78. The molecule has 1 fully saturated rings. The molecule has 0 amide bonds. The summed E-state index contributed by atoms with van der Waals surface area (Å²) in [5.41, 5.74) is 2.75. The number of hydrogen-bond donors (Lipinski definition) is 2. The third-order valence-electron chi connectivity index (χ3n) is 5.69. The number of fused-ring (bicyclic) bond motifs is 1. The van der Waals surface area contributed by atoms with E-state index in [-0.39, 0.29) is 11.7 Å². The summed E-state index contributed by atoms with van der Waals surface area (Å²) in [6.45, 7) is 1.72. The van der Waals surface area contributed by atoms with Gasteiger partial charge in [0.2, 0.25) is 0 Å². The highest BCUT2D eigenvalue weighted by atomic mass is 16.5. The molecule has 3 aromatic rings. The Kier molecular flexibility index (Phi) is 5.38. The lowest BCUT2D eigenvalue weighted by atomic mass is 9.95. The Labute approximate surface area is 169 Å². The van der Waals surface area contributed by atoms with Crippen LogP contribution in [0.1, 0.15) is 38.2 Å². The lowest BCUT2D eigenvalue weighted by Crippen LogP contribution is -2.13. The van der Waals surface area contributed by atoms with Gasteiger partial charge in [0.05, 0.1) is 12.0 Å². The first kappa shape index (κ1) is 19.2. The van der Waals surface area contributed by atoms with Crippen molar-refractivity contribution in [2.75, 3.05) is 0 Å². The van der Waals surface area contributed by atoms with Gasteiger partial charge in [-0.05, 0) is 78.9 Å². The summed E-state index contributed by atoms with van der Waals surface area (Å²) in [6, 6.07) is 13.6. The van der Waals surface area contributed by atoms with Crippen LogP contribution >= 0.6 is 0 Å². The van der Waals surface area contributed by atoms with Crippen LogP contribution in [-0.2, 0) is 11.2 Å². The van der Waals surface area contributed by atoms with E-state index >= 15 is 0 Å². The van der Waals surface area contributed by atoms with Gasteiger partial charge in [-0.2, -0.15) is 0 Å². The monoisotopic (exact) mass is 391 g/mol. The minimum Gasteiger partial charge on any atom is -0.490 e. The Morgan fingerprint density at radius 3 is 2.72 bits per heavy atom. The second-order valence-corrected chi connectivity index (χ2v) is 7.91. The van der Waals surface area contributed by atoms with Crippen molar-refractivity contribution in [2.24, 2.45) is 5.92 Å². The van der Waals surface area contributed by atoms with E-state index in [9.17, 15) is 14.7 Å². The maximum Gasteiger partial charge on any atom is 0.306 e. The van der Waals surface area contributed by atoms with Gasteiger partial charge in [-0.1, -0.05) is 19.1 Å². The first-order chi connectivity index (χ1) is 14.0. The van der Waals surface area contributed by atoms with Gasteiger partial charge in [0, 0.05) is 17.1 Å². The highest BCUT2D eigenvalue weighted by molar-refractivity contribution is 5.87. The molecule has 1 heterocycles. The van der Waals surface area contributed by atoms with Crippen molar-refractivity contribution < 1.29 is 14.6 Å². The van der Waals surface area contributed by atoms with E-state index in [0.717, 1.165) is 40.7 Å². The van der Waals surface area contributed by atoms with Gasteiger partial charge < -0.3 is 14.8 Å². The zero-order valence-corrected chi connectivity index (χ0v) is 16.5. The lowest BCUT2D eigenvalue weighted by Gasteiger charge is -2.18. The van der Waals surface area contributed by atoms with Crippen LogP contribution in [-0.4, -0.2) is 22.2 Å². The Hall–Kier alpha value is -3.08. The smallest absolute Gasteiger partial charge is 0.306 e. The number of carboxylic acids is 1. The van der Waals surface area contributed by atoms with Crippen molar-refractivity contribution in [3.8, 4) is 16.9 Å². The molecule has 1 aliphatic rings. The van der Waals surface area contributed by atoms with Crippen LogP contribution in [0.2, 0.25) is 0 Å². The molecule has 1 saturated carbocycles. The molecule has 0 saturated heterocycles. The summed E-state index contributed by atoms with van der Waals surface area (Å²) in [4.78, 5) is 26.0. The quantitative estimate of drug-likeness (QED) is 0.634. The number of ether oxygens (including phenoxy) is 1. The maximum atomic E-state index is 12.0. The second-order valence-electron chi connectivity index (χ2n) is 7.91. The van der Waals surface area contributed by atoms with Crippen LogP contribution < -0.4 is 10.3 Å². The van der Waals surface area contributed by atoms with E-state index in [1.54, 1.807) is 13.1 Å². The van der Waals surface area contributed by atoms with E-state index in [4.69, 9.17) is 4.74 Å². The number of aliphatic carboxylic acids is 1. The number of rotatable bonds is 6. The number of H-pyrrole nitrogens is 1. The van der Waals surface area contributed by atoms with Crippen molar-refractivity contribution in [1.82, 2.24) is 4.98 Å². The topological polar surface area (TPSA) is 79.4 Å². The molecule has 2 N–H and O–H groups in total. The minimum atomic E-state index is -0.803. The fraction of sp³-hybridized carbons (Fsp3) is 0.333. The number of benzene rings is 2. The molecule has 4 rings (SSSR count). The third kappa shape index (κ3) is 4.19. The summed E-state index contributed by atoms with van der Waals surface area (Å²) < 4.78 is 6.32. The van der Waals surface area contributed by atoms with Crippen molar-refractivity contribution in [3.63, 3.8) is 0 Å². The molecular formula is C24H25NO4. The van der Waals surface area contributed by atoms with Gasteiger partial charge in [-0.15, -0.1) is 0 Å². The molecule has 0 spiro atoms. The highest BCUT2D eigenvalue weighted by Gasteiger charge is 2.20. The molecule has 2 aromatic carbocycles. The van der Waals surface area contributed by atoms with Crippen molar-refractivity contribution >= 4 is 16.7 Å². The average molecular weight is 391 g/mol. The van der Waals surface area contributed by atoms with Gasteiger partial charge in [-0.25, -0.2) is 0 Å². The molecule has 0 bridgehead atoms. The summed E-state index contributed by atoms with van der Waals surface area (Å²) in [5, 5.41) is 10.8. The van der Waals surface area contributed by atoms with Gasteiger partial charge in [-0.3, -0.25) is 9.59 Å². The molecule has 5 heteroatoms. The number of nitrogens with one attached hydrogen (secondary N) is 1. The molecule has 1 aliphatic carbocycles. The van der Waals surface area contributed by atoms with Crippen molar-refractivity contribution in [3.05, 3.63) is 64.6 Å². The third-order valence-corrected chi connectivity index (χ3v) is 5.69. The first-order valence-corrected chi connectivity index (χ1v) is 10.2. The summed E-state index contributed by atoms with van der Waals surface area (Å²) >= 11 is 0. The van der Waals surface area contributed by atoms with Crippen molar-refractivity contribution in [2.45, 2.75) is 45.1 Å². The number of aromatic nitrogens is 1. The molecular weight excluding hydrogens is 366 g/mol. The van der Waals surface area contributed by atoms with Gasteiger partial charge in [0.1, 0.15) is 5.75 Å². The fourth-order valence-electron chi connectivity index (χ4n) is 4.02. The molecule has 0 aliphatic heterocycles. The Morgan fingerprint density at radius 2 is 1.97 bits per heavy atom. The van der Waals surface area contributed by atoms with Crippen LogP contribution in [0.15, 0.2) is 53.5 Å². The van der Waals surface area contributed by atoms with Gasteiger partial charge >= 0.3 is 5.97 Å². The highest BCUT2D eigenvalue weighted by Crippen LogP contribution is 2.35. The summed E-state index contributed by atoms with van der Waals surface area (Å²) in [5.74, 6) is -0.449. The SMILES string of the molecule is CC(Cc1ccc(OC2CCCC2)c(-c2ccc3c(=O)[nH]ccc3c2)c1)C(=O)O. The molecule has 1 unspecified atom stereocenters.